The SMILES string of the molecule is CN=C(NC)NCc1ccc(NC(C)=O)nc1. The summed E-state index contributed by atoms with van der Waals surface area (Å²) in [5, 5.41) is 8.64. The van der Waals surface area contributed by atoms with Gasteiger partial charge in [0.1, 0.15) is 5.82 Å². The fourth-order valence-corrected chi connectivity index (χ4v) is 1.25. The molecule has 0 aliphatic heterocycles. The van der Waals surface area contributed by atoms with E-state index in [1.165, 1.54) is 6.92 Å². The molecule has 0 saturated carbocycles. The Balaban J connectivity index is 2.53. The van der Waals surface area contributed by atoms with E-state index in [1.54, 1.807) is 26.4 Å². The quantitative estimate of drug-likeness (QED) is 0.521. The zero-order valence-corrected chi connectivity index (χ0v) is 10.2. The van der Waals surface area contributed by atoms with Crippen molar-refractivity contribution in [2.24, 2.45) is 4.99 Å². The Morgan fingerprint density at radius 3 is 2.71 bits per heavy atom. The number of rotatable bonds is 3. The van der Waals surface area contributed by atoms with Gasteiger partial charge in [0.25, 0.3) is 0 Å². The zero-order chi connectivity index (χ0) is 12.7. The van der Waals surface area contributed by atoms with E-state index in [2.05, 4.69) is 25.9 Å². The molecule has 17 heavy (non-hydrogen) atoms. The van der Waals surface area contributed by atoms with E-state index in [9.17, 15) is 4.79 Å². The molecule has 1 aromatic rings. The number of pyridine rings is 1. The first-order valence-corrected chi connectivity index (χ1v) is 5.26. The van der Waals surface area contributed by atoms with Gasteiger partial charge in [-0.05, 0) is 11.6 Å². The molecule has 1 amide bonds. The van der Waals surface area contributed by atoms with Crippen LogP contribution in [-0.4, -0.2) is 30.9 Å². The molecule has 0 saturated heterocycles. The fraction of sp³-hybridized carbons (Fsp3) is 0.364. The highest BCUT2D eigenvalue weighted by molar-refractivity contribution is 5.87. The summed E-state index contributed by atoms with van der Waals surface area (Å²) in [4.78, 5) is 18.9. The van der Waals surface area contributed by atoms with E-state index >= 15 is 0 Å². The van der Waals surface area contributed by atoms with Crippen molar-refractivity contribution in [1.29, 1.82) is 0 Å². The van der Waals surface area contributed by atoms with Gasteiger partial charge in [-0.3, -0.25) is 9.79 Å². The van der Waals surface area contributed by atoms with E-state index < -0.39 is 0 Å². The minimum Gasteiger partial charge on any atom is -0.359 e. The Labute approximate surface area is 101 Å². The number of guanidine groups is 1. The maximum atomic E-state index is 10.8. The molecule has 1 heterocycles. The highest BCUT2D eigenvalue weighted by Gasteiger charge is 1.99. The third-order valence-corrected chi connectivity index (χ3v) is 2.05. The molecule has 0 aromatic carbocycles. The van der Waals surface area contributed by atoms with Gasteiger partial charge in [-0.25, -0.2) is 4.98 Å². The molecule has 3 N–H and O–H groups in total. The summed E-state index contributed by atoms with van der Waals surface area (Å²) in [7, 11) is 3.50. The standard InChI is InChI=1S/C11H17N5O/c1-8(17)16-10-5-4-9(6-14-10)7-15-11(12-2)13-3/h4-6H,7H2,1-3H3,(H2,12,13,15)(H,14,16,17). The summed E-state index contributed by atoms with van der Waals surface area (Å²) < 4.78 is 0. The van der Waals surface area contributed by atoms with Crippen LogP contribution in [0.3, 0.4) is 0 Å². The molecule has 0 bridgehead atoms. The van der Waals surface area contributed by atoms with Gasteiger partial charge in [-0.2, -0.15) is 0 Å². The predicted octanol–water partition coefficient (Wildman–Crippen LogP) is 0.335. The smallest absolute Gasteiger partial charge is 0.222 e. The lowest BCUT2D eigenvalue weighted by Gasteiger charge is -2.08. The number of aromatic nitrogens is 1. The van der Waals surface area contributed by atoms with E-state index in [-0.39, 0.29) is 5.91 Å². The van der Waals surface area contributed by atoms with Crippen LogP contribution < -0.4 is 16.0 Å². The average molecular weight is 235 g/mol. The van der Waals surface area contributed by atoms with Crippen LogP contribution in [0.4, 0.5) is 5.82 Å². The first kappa shape index (κ1) is 13.0. The fourth-order valence-electron chi connectivity index (χ4n) is 1.25. The lowest BCUT2D eigenvalue weighted by molar-refractivity contribution is -0.114. The summed E-state index contributed by atoms with van der Waals surface area (Å²) >= 11 is 0. The molecule has 0 spiro atoms. The second kappa shape index (κ2) is 6.47. The monoisotopic (exact) mass is 235 g/mol. The second-order valence-corrected chi connectivity index (χ2v) is 3.41. The molecular formula is C11H17N5O. The van der Waals surface area contributed by atoms with Crippen molar-refractivity contribution in [2.45, 2.75) is 13.5 Å². The Morgan fingerprint density at radius 2 is 2.24 bits per heavy atom. The first-order chi connectivity index (χ1) is 8.15. The van der Waals surface area contributed by atoms with Gasteiger partial charge in [-0.15, -0.1) is 0 Å². The van der Waals surface area contributed by atoms with E-state index in [0.717, 1.165) is 11.5 Å². The lowest BCUT2D eigenvalue weighted by Crippen LogP contribution is -2.34. The van der Waals surface area contributed by atoms with Crippen molar-refractivity contribution in [1.82, 2.24) is 15.6 Å². The number of nitrogens with one attached hydrogen (secondary N) is 3. The Morgan fingerprint density at radius 1 is 1.47 bits per heavy atom. The molecule has 6 nitrogen and oxygen atoms in total. The first-order valence-electron chi connectivity index (χ1n) is 5.26. The van der Waals surface area contributed by atoms with Crippen LogP contribution in [0.2, 0.25) is 0 Å². The molecule has 92 valence electrons. The maximum absolute atomic E-state index is 10.8. The van der Waals surface area contributed by atoms with Crippen LogP contribution in [0, 0.1) is 0 Å². The van der Waals surface area contributed by atoms with Crippen molar-refractivity contribution in [3.8, 4) is 0 Å². The van der Waals surface area contributed by atoms with Crippen LogP contribution in [0.1, 0.15) is 12.5 Å². The number of hydrogen-bond acceptors (Lipinski definition) is 3. The van der Waals surface area contributed by atoms with Gasteiger partial charge in [0.15, 0.2) is 5.96 Å². The number of hydrogen-bond donors (Lipinski definition) is 3. The van der Waals surface area contributed by atoms with Gasteiger partial charge in [0.05, 0.1) is 0 Å². The molecule has 0 aliphatic carbocycles. The lowest BCUT2D eigenvalue weighted by atomic mass is 10.3. The molecule has 0 aliphatic rings. The van der Waals surface area contributed by atoms with Crippen LogP contribution in [0.5, 0.6) is 0 Å². The number of anilines is 1. The minimum absolute atomic E-state index is 0.126. The van der Waals surface area contributed by atoms with Gasteiger partial charge in [0.2, 0.25) is 5.91 Å². The van der Waals surface area contributed by atoms with E-state index in [0.29, 0.717) is 12.4 Å². The molecule has 0 atom stereocenters. The van der Waals surface area contributed by atoms with Crippen LogP contribution >= 0.6 is 0 Å². The Kier molecular flexibility index (Phi) is 4.93. The van der Waals surface area contributed by atoms with Crippen LogP contribution in [-0.2, 0) is 11.3 Å². The molecular weight excluding hydrogens is 218 g/mol. The highest BCUT2D eigenvalue weighted by atomic mass is 16.1. The number of amides is 1. The van der Waals surface area contributed by atoms with Crippen LogP contribution in [0.25, 0.3) is 0 Å². The number of aliphatic imine (C=N–C) groups is 1. The normalized spacial score (nSPS) is 10.9. The van der Waals surface area contributed by atoms with Gasteiger partial charge >= 0.3 is 0 Å². The van der Waals surface area contributed by atoms with Crippen molar-refractivity contribution in [3.63, 3.8) is 0 Å². The number of carbonyl (C=O) groups is 1. The minimum atomic E-state index is -0.126. The van der Waals surface area contributed by atoms with Crippen LogP contribution in [0.15, 0.2) is 23.3 Å². The second-order valence-electron chi connectivity index (χ2n) is 3.41. The predicted molar refractivity (Wildman–Crippen MR) is 67.8 cm³/mol. The highest BCUT2D eigenvalue weighted by Crippen LogP contribution is 2.04. The van der Waals surface area contributed by atoms with Crippen molar-refractivity contribution in [2.75, 3.05) is 19.4 Å². The molecule has 1 aromatic heterocycles. The van der Waals surface area contributed by atoms with Gasteiger partial charge in [-0.1, -0.05) is 6.07 Å². The third-order valence-electron chi connectivity index (χ3n) is 2.05. The summed E-state index contributed by atoms with van der Waals surface area (Å²) in [5.41, 5.74) is 1.01. The summed E-state index contributed by atoms with van der Waals surface area (Å²) in [6.07, 6.45) is 1.71. The maximum Gasteiger partial charge on any atom is 0.222 e. The average Bonchev–Trinajstić information content (AvgIpc) is 2.32. The molecule has 0 fully saturated rings. The third kappa shape index (κ3) is 4.50. The Bertz CT molecular complexity index is 399. The molecule has 0 unspecified atom stereocenters. The van der Waals surface area contributed by atoms with E-state index in [4.69, 9.17) is 0 Å². The Hall–Kier alpha value is -2.11. The summed E-state index contributed by atoms with van der Waals surface area (Å²) in [6.45, 7) is 2.08. The van der Waals surface area contributed by atoms with Crippen molar-refractivity contribution in [3.05, 3.63) is 23.9 Å². The largest absolute Gasteiger partial charge is 0.359 e. The van der Waals surface area contributed by atoms with E-state index in [1.807, 2.05) is 6.07 Å². The molecule has 1 rings (SSSR count). The van der Waals surface area contributed by atoms with Gasteiger partial charge < -0.3 is 16.0 Å². The molecule has 0 radical (unpaired) electrons. The van der Waals surface area contributed by atoms with Gasteiger partial charge in [0, 0.05) is 33.8 Å². The van der Waals surface area contributed by atoms with Crippen molar-refractivity contribution < 1.29 is 4.79 Å². The van der Waals surface area contributed by atoms with Crippen molar-refractivity contribution >= 4 is 17.7 Å². The zero-order valence-electron chi connectivity index (χ0n) is 10.2. The summed E-state index contributed by atoms with van der Waals surface area (Å²) in [5.74, 6) is 1.15. The molecule has 6 heteroatoms. The number of carbonyl (C=O) groups excluding carboxylic acids is 1. The number of nitrogens with zero attached hydrogens (tertiary/aromatic N) is 2. The summed E-state index contributed by atoms with van der Waals surface area (Å²) in [6, 6.07) is 3.66. The topological polar surface area (TPSA) is 78.4 Å².